The van der Waals surface area contributed by atoms with Crippen LogP contribution < -0.4 is 9.62 Å². The van der Waals surface area contributed by atoms with Crippen LogP contribution in [0.2, 0.25) is 0 Å². The summed E-state index contributed by atoms with van der Waals surface area (Å²) in [6, 6.07) is 14.6. The third-order valence-electron chi connectivity index (χ3n) is 6.10. The van der Waals surface area contributed by atoms with Gasteiger partial charge < -0.3 is 10.2 Å². The van der Waals surface area contributed by atoms with E-state index < -0.39 is 16.1 Å². The van der Waals surface area contributed by atoms with Crippen LogP contribution in [0.25, 0.3) is 0 Å². The molecule has 2 amide bonds. The van der Waals surface area contributed by atoms with Gasteiger partial charge in [0, 0.05) is 26.1 Å². The smallest absolute Gasteiger partial charge is 0.242 e. The summed E-state index contributed by atoms with van der Waals surface area (Å²) in [6.45, 7) is 8.79. The maximum absolute atomic E-state index is 13.3. The summed E-state index contributed by atoms with van der Waals surface area (Å²) < 4.78 is 26.2. The standard InChI is InChI=1S/C27H39N3O4S/c1-6-18-28-27(32)22(4)29(20-24-12-9-8-11-21(24)3)26(31)13-10-19-30(35(5,33)34)25-16-14-23(7-2)15-17-25/h8-9,11-12,14-17,22H,6-7,10,13,18-20H2,1-5H3,(H,28,32). The zero-order chi connectivity index (χ0) is 26.0. The van der Waals surface area contributed by atoms with Crippen molar-refractivity contribution in [2.45, 2.75) is 66.0 Å². The second-order valence-corrected chi connectivity index (χ2v) is 10.8. The van der Waals surface area contributed by atoms with E-state index >= 15 is 0 Å². The van der Waals surface area contributed by atoms with Crippen LogP contribution in [0.1, 0.15) is 56.7 Å². The van der Waals surface area contributed by atoms with E-state index in [1.54, 1.807) is 24.0 Å². The van der Waals surface area contributed by atoms with Crippen LogP contribution in [0.5, 0.6) is 0 Å². The van der Waals surface area contributed by atoms with Gasteiger partial charge in [0.2, 0.25) is 21.8 Å². The molecule has 2 rings (SSSR count). The molecule has 0 fully saturated rings. The third kappa shape index (κ3) is 8.38. The predicted octanol–water partition coefficient (Wildman–Crippen LogP) is 4.05. The summed E-state index contributed by atoms with van der Waals surface area (Å²) in [7, 11) is -3.51. The van der Waals surface area contributed by atoms with E-state index in [1.165, 1.54) is 10.6 Å². The Bertz CT molecular complexity index is 1080. The molecule has 0 radical (unpaired) electrons. The monoisotopic (exact) mass is 501 g/mol. The minimum atomic E-state index is -3.51. The SMILES string of the molecule is CCCNC(=O)C(C)N(Cc1ccccc1C)C(=O)CCCN(c1ccc(CC)cc1)S(C)(=O)=O. The molecule has 1 atom stereocenters. The van der Waals surface area contributed by atoms with Crippen molar-refractivity contribution in [1.29, 1.82) is 0 Å². The predicted molar refractivity (Wildman–Crippen MR) is 142 cm³/mol. The van der Waals surface area contributed by atoms with Crippen molar-refractivity contribution in [2.24, 2.45) is 0 Å². The Labute approximate surface area is 210 Å². The number of nitrogens with one attached hydrogen (secondary N) is 1. The molecule has 0 aliphatic rings. The summed E-state index contributed by atoms with van der Waals surface area (Å²) in [5.74, 6) is -0.371. The molecule has 0 saturated heterocycles. The van der Waals surface area contributed by atoms with Crippen molar-refractivity contribution in [3.05, 3.63) is 65.2 Å². The van der Waals surface area contributed by atoms with Gasteiger partial charge in [0.1, 0.15) is 6.04 Å². The molecule has 0 heterocycles. The second-order valence-electron chi connectivity index (χ2n) is 8.87. The molecule has 2 aromatic carbocycles. The molecule has 0 aliphatic carbocycles. The number of amides is 2. The molecule has 0 saturated carbocycles. The van der Waals surface area contributed by atoms with E-state index in [9.17, 15) is 18.0 Å². The fraction of sp³-hybridized carbons (Fsp3) is 0.481. The van der Waals surface area contributed by atoms with Gasteiger partial charge in [-0.15, -0.1) is 0 Å². The summed E-state index contributed by atoms with van der Waals surface area (Å²) >= 11 is 0. The summed E-state index contributed by atoms with van der Waals surface area (Å²) in [6.07, 6.45) is 3.33. The molecule has 8 heteroatoms. The van der Waals surface area contributed by atoms with Gasteiger partial charge in [-0.05, 0) is 61.9 Å². The maximum atomic E-state index is 13.3. The van der Waals surface area contributed by atoms with Gasteiger partial charge in [-0.2, -0.15) is 0 Å². The number of carbonyl (C=O) groups is 2. The lowest BCUT2D eigenvalue weighted by atomic mass is 10.1. The average molecular weight is 502 g/mol. The van der Waals surface area contributed by atoms with Crippen LogP contribution in [0.15, 0.2) is 48.5 Å². The highest BCUT2D eigenvalue weighted by molar-refractivity contribution is 7.92. The number of hydrogen-bond acceptors (Lipinski definition) is 4. The average Bonchev–Trinajstić information content (AvgIpc) is 2.83. The molecular weight excluding hydrogens is 462 g/mol. The maximum Gasteiger partial charge on any atom is 0.242 e. The normalized spacial score (nSPS) is 12.1. The van der Waals surface area contributed by atoms with E-state index in [0.717, 1.165) is 29.5 Å². The van der Waals surface area contributed by atoms with E-state index in [2.05, 4.69) is 5.32 Å². The van der Waals surface area contributed by atoms with E-state index in [4.69, 9.17) is 0 Å². The molecule has 0 aliphatic heterocycles. The first-order chi connectivity index (χ1) is 16.6. The Balaban J connectivity index is 2.16. The topological polar surface area (TPSA) is 86.8 Å². The number of anilines is 1. The van der Waals surface area contributed by atoms with Gasteiger partial charge >= 0.3 is 0 Å². The van der Waals surface area contributed by atoms with Gasteiger partial charge in [-0.1, -0.05) is 50.2 Å². The van der Waals surface area contributed by atoms with Crippen LogP contribution in [-0.2, 0) is 32.6 Å². The Morgan fingerprint density at radius 2 is 1.69 bits per heavy atom. The fourth-order valence-corrected chi connectivity index (χ4v) is 4.82. The van der Waals surface area contributed by atoms with Crippen LogP contribution in [0, 0.1) is 6.92 Å². The van der Waals surface area contributed by atoms with Crippen molar-refractivity contribution >= 4 is 27.5 Å². The van der Waals surface area contributed by atoms with Gasteiger partial charge in [0.05, 0.1) is 11.9 Å². The Kier molecular flexibility index (Phi) is 10.8. The zero-order valence-corrected chi connectivity index (χ0v) is 22.4. The molecule has 2 aromatic rings. The van der Waals surface area contributed by atoms with Crippen LogP contribution in [-0.4, -0.2) is 50.5 Å². The molecule has 0 bridgehead atoms. The molecule has 35 heavy (non-hydrogen) atoms. The number of nitrogens with zero attached hydrogens (tertiary/aromatic N) is 2. The van der Waals surface area contributed by atoms with Crippen LogP contribution in [0.4, 0.5) is 5.69 Å². The summed E-state index contributed by atoms with van der Waals surface area (Å²) in [5, 5.41) is 2.87. The first-order valence-corrected chi connectivity index (χ1v) is 14.1. The Hall–Kier alpha value is -2.87. The first kappa shape index (κ1) is 28.4. The lowest BCUT2D eigenvalue weighted by molar-refractivity contribution is -0.140. The minimum Gasteiger partial charge on any atom is -0.354 e. The number of carbonyl (C=O) groups excluding carboxylic acids is 2. The first-order valence-electron chi connectivity index (χ1n) is 12.3. The van der Waals surface area contributed by atoms with Crippen molar-refractivity contribution < 1.29 is 18.0 Å². The van der Waals surface area contributed by atoms with Crippen molar-refractivity contribution in [3.8, 4) is 0 Å². The van der Waals surface area contributed by atoms with Crippen molar-refractivity contribution in [2.75, 3.05) is 23.7 Å². The highest BCUT2D eigenvalue weighted by Crippen LogP contribution is 2.20. The van der Waals surface area contributed by atoms with Crippen molar-refractivity contribution in [1.82, 2.24) is 10.2 Å². The highest BCUT2D eigenvalue weighted by atomic mass is 32.2. The molecule has 0 spiro atoms. The van der Waals surface area contributed by atoms with Crippen LogP contribution >= 0.6 is 0 Å². The number of aryl methyl sites for hydroxylation is 2. The third-order valence-corrected chi connectivity index (χ3v) is 7.30. The lowest BCUT2D eigenvalue weighted by Gasteiger charge is -2.30. The highest BCUT2D eigenvalue weighted by Gasteiger charge is 2.26. The van der Waals surface area contributed by atoms with Crippen LogP contribution in [0.3, 0.4) is 0 Å². The number of sulfonamides is 1. The zero-order valence-electron chi connectivity index (χ0n) is 21.6. The Morgan fingerprint density at radius 1 is 1.03 bits per heavy atom. The number of benzene rings is 2. The minimum absolute atomic E-state index is 0.135. The van der Waals surface area contributed by atoms with E-state index in [-0.39, 0.29) is 24.8 Å². The van der Waals surface area contributed by atoms with Gasteiger partial charge in [0.25, 0.3) is 0 Å². The molecule has 1 unspecified atom stereocenters. The Morgan fingerprint density at radius 3 is 2.26 bits per heavy atom. The second kappa shape index (κ2) is 13.3. The van der Waals surface area contributed by atoms with Gasteiger partial charge in [-0.3, -0.25) is 13.9 Å². The lowest BCUT2D eigenvalue weighted by Crippen LogP contribution is -2.48. The van der Waals surface area contributed by atoms with E-state index in [0.29, 0.717) is 25.2 Å². The van der Waals surface area contributed by atoms with E-state index in [1.807, 2.05) is 57.2 Å². The van der Waals surface area contributed by atoms with Crippen molar-refractivity contribution in [3.63, 3.8) is 0 Å². The van der Waals surface area contributed by atoms with Gasteiger partial charge in [-0.25, -0.2) is 8.42 Å². The van der Waals surface area contributed by atoms with Gasteiger partial charge in [0.15, 0.2) is 0 Å². The number of rotatable bonds is 13. The fourth-order valence-electron chi connectivity index (χ4n) is 3.85. The quantitative estimate of drug-likeness (QED) is 0.449. The summed E-state index contributed by atoms with van der Waals surface area (Å²) in [4.78, 5) is 27.6. The summed E-state index contributed by atoms with van der Waals surface area (Å²) in [5.41, 5.74) is 3.73. The molecule has 7 nitrogen and oxygen atoms in total. The molecular formula is C27H39N3O4S. The molecule has 0 aromatic heterocycles. The largest absolute Gasteiger partial charge is 0.354 e. The molecule has 192 valence electrons. The molecule has 1 N–H and O–H groups in total. The number of hydrogen-bond donors (Lipinski definition) is 1.